The summed E-state index contributed by atoms with van der Waals surface area (Å²) < 4.78 is 5.21. The van der Waals surface area contributed by atoms with Crippen LogP contribution in [0.5, 0.6) is 5.75 Å². The lowest BCUT2D eigenvalue weighted by atomic mass is 9.83. The summed E-state index contributed by atoms with van der Waals surface area (Å²) in [4.78, 5) is 0. The van der Waals surface area contributed by atoms with Gasteiger partial charge in [0.2, 0.25) is 0 Å². The molecule has 1 rings (SSSR count). The van der Waals surface area contributed by atoms with Gasteiger partial charge in [0.15, 0.2) is 0 Å². The Hall–Kier alpha value is -1.02. The Bertz CT molecular complexity index is 369. The summed E-state index contributed by atoms with van der Waals surface area (Å²) in [5.74, 6) is 1.97. The highest BCUT2D eigenvalue weighted by molar-refractivity contribution is 5.31. The maximum absolute atomic E-state index is 10.6. The van der Waals surface area contributed by atoms with Gasteiger partial charge in [0, 0.05) is 0 Å². The van der Waals surface area contributed by atoms with Crippen LogP contribution in [0.25, 0.3) is 0 Å². The van der Waals surface area contributed by atoms with Crippen LogP contribution in [0.2, 0.25) is 0 Å². The minimum atomic E-state index is -0.789. The van der Waals surface area contributed by atoms with Crippen LogP contribution in [0.4, 0.5) is 0 Å². The second kappa shape index (κ2) is 6.24. The molecule has 1 N–H and O–H groups in total. The average molecular weight is 250 g/mol. The lowest BCUT2D eigenvalue weighted by molar-refractivity contribution is 0.0294. The van der Waals surface area contributed by atoms with Crippen molar-refractivity contribution in [2.75, 3.05) is 7.11 Å². The molecule has 0 aliphatic heterocycles. The Morgan fingerprint density at radius 1 is 1.28 bits per heavy atom. The molecule has 0 aliphatic carbocycles. The van der Waals surface area contributed by atoms with E-state index in [1.54, 1.807) is 7.11 Å². The number of methoxy groups -OCH3 is 1. The minimum absolute atomic E-state index is 0.506. The molecule has 0 bridgehead atoms. The van der Waals surface area contributed by atoms with E-state index in [0.29, 0.717) is 11.8 Å². The van der Waals surface area contributed by atoms with Gasteiger partial charge < -0.3 is 9.84 Å². The summed E-state index contributed by atoms with van der Waals surface area (Å²) in [5.41, 5.74) is 0.139. The van der Waals surface area contributed by atoms with Crippen LogP contribution in [0.15, 0.2) is 24.3 Å². The predicted molar refractivity (Wildman–Crippen MR) is 75.8 cm³/mol. The van der Waals surface area contributed by atoms with Gasteiger partial charge >= 0.3 is 0 Å². The number of hydrogen-bond acceptors (Lipinski definition) is 2. The van der Waals surface area contributed by atoms with E-state index in [1.165, 1.54) is 0 Å². The van der Waals surface area contributed by atoms with Crippen molar-refractivity contribution < 1.29 is 9.84 Å². The van der Waals surface area contributed by atoms with Gasteiger partial charge in [-0.2, -0.15) is 0 Å². The third kappa shape index (κ3) is 4.34. The molecule has 0 radical (unpaired) electrons. The second-order valence-electron chi connectivity index (χ2n) is 5.94. The molecule has 2 nitrogen and oxygen atoms in total. The molecular formula is C16H26O2. The van der Waals surface area contributed by atoms with Crippen molar-refractivity contribution in [3.63, 3.8) is 0 Å². The average Bonchev–Trinajstić information content (AvgIpc) is 2.27. The molecule has 0 aliphatic rings. The maximum Gasteiger partial charge on any atom is 0.119 e. The van der Waals surface area contributed by atoms with Gasteiger partial charge in [-0.3, -0.25) is 0 Å². The molecule has 18 heavy (non-hydrogen) atoms. The molecule has 1 aromatic carbocycles. The Morgan fingerprint density at radius 3 is 2.50 bits per heavy atom. The number of ether oxygens (including phenoxy) is 1. The van der Waals surface area contributed by atoms with Crippen molar-refractivity contribution in [2.24, 2.45) is 11.8 Å². The van der Waals surface area contributed by atoms with Crippen LogP contribution in [-0.2, 0) is 5.60 Å². The zero-order chi connectivity index (χ0) is 13.8. The lowest BCUT2D eigenvalue weighted by Crippen LogP contribution is -2.24. The van der Waals surface area contributed by atoms with E-state index in [9.17, 15) is 5.11 Å². The zero-order valence-corrected chi connectivity index (χ0v) is 12.2. The monoisotopic (exact) mass is 250 g/mol. The van der Waals surface area contributed by atoms with Crippen molar-refractivity contribution in [3.05, 3.63) is 29.8 Å². The van der Waals surface area contributed by atoms with Crippen LogP contribution in [0, 0.1) is 11.8 Å². The largest absolute Gasteiger partial charge is 0.497 e. The van der Waals surface area contributed by atoms with Crippen LogP contribution in [0.3, 0.4) is 0 Å². The van der Waals surface area contributed by atoms with Gasteiger partial charge in [-0.05, 0) is 49.3 Å². The normalized spacial score (nSPS) is 16.4. The van der Waals surface area contributed by atoms with Crippen LogP contribution in [0.1, 0.15) is 46.1 Å². The number of aliphatic hydroxyl groups is 1. The van der Waals surface area contributed by atoms with Gasteiger partial charge in [-0.25, -0.2) is 0 Å². The maximum atomic E-state index is 10.6. The van der Waals surface area contributed by atoms with E-state index in [-0.39, 0.29) is 0 Å². The van der Waals surface area contributed by atoms with E-state index in [1.807, 2.05) is 31.2 Å². The summed E-state index contributed by atoms with van der Waals surface area (Å²) in [6.07, 6.45) is 1.92. The van der Waals surface area contributed by atoms with E-state index in [0.717, 1.165) is 24.2 Å². The summed E-state index contributed by atoms with van der Waals surface area (Å²) in [7, 11) is 1.65. The number of hydrogen-bond donors (Lipinski definition) is 1. The first kappa shape index (κ1) is 15.0. The lowest BCUT2D eigenvalue weighted by Gasteiger charge is -2.28. The first-order valence-corrected chi connectivity index (χ1v) is 6.72. The highest BCUT2D eigenvalue weighted by Crippen LogP contribution is 2.32. The first-order chi connectivity index (χ1) is 8.35. The van der Waals surface area contributed by atoms with Crippen LogP contribution in [-0.4, -0.2) is 12.2 Å². The topological polar surface area (TPSA) is 29.5 Å². The fraction of sp³-hybridized carbons (Fsp3) is 0.625. The molecule has 0 amide bonds. The van der Waals surface area contributed by atoms with E-state index in [2.05, 4.69) is 20.8 Å². The Morgan fingerprint density at radius 2 is 1.94 bits per heavy atom. The van der Waals surface area contributed by atoms with Gasteiger partial charge in [0.05, 0.1) is 12.7 Å². The van der Waals surface area contributed by atoms with Crippen molar-refractivity contribution >= 4 is 0 Å². The molecule has 0 spiro atoms. The molecule has 102 valence electrons. The summed E-state index contributed by atoms with van der Waals surface area (Å²) in [6.45, 7) is 8.53. The molecular weight excluding hydrogens is 224 g/mol. The van der Waals surface area contributed by atoms with Gasteiger partial charge in [0.1, 0.15) is 5.75 Å². The number of rotatable bonds is 6. The summed E-state index contributed by atoms with van der Waals surface area (Å²) >= 11 is 0. The fourth-order valence-electron chi connectivity index (χ4n) is 2.64. The molecule has 2 unspecified atom stereocenters. The number of benzene rings is 1. The van der Waals surface area contributed by atoms with Gasteiger partial charge in [-0.15, -0.1) is 0 Å². The van der Waals surface area contributed by atoms with Gasteiger partial charge in [0.25, 0.3) is 0 Å². The molecule has 0 fully saturated rings. The first-order valence-electron chi connectivity index (χ1n) is 6.72. The Kier molecular flexibility index (Phi) is 5.21. The molecule has 0 saturated carbocycles. The third-order valence-electron chi connectivity index (χ3n) is 3.31. The highest BCUT2D eigenvalue weighted by Gasteiger charge is 2.26. The molecule has 0 heterocycles. The fourth-order valence-corrected chi connectivity index (χ4v) is 2.64. The van der Waals surface area contributed by atoms with Crippen molar-refractivity contribution in [3.8, 4) is 5.75 Å². The summed E-state index contributed by atoms with van der Waals surface area (Å²) in [5, 5.41) is 10.6. The summed E-state index contributed by atoms with van der Waals surface area (Å²) in [6, 6.07) is 7.71. The molecule has 1 aromatic rings. The minimum Gasteiger partial charge on any atom is -0.497 e. The smallest absolute Gasteiger partial charge is 0.119 e. The second-order valence-corrected chi connectivity index (χ2v) is 5.94. The SMILES string of the molecule is COc1cccc(C(C)(O)CC(C)CC(C)C)c1. The van der Waals surface area contributed by atoms with Crippen LogP contribution >= 0.6 is 0 Å². The predicted octanol–water partition coefficient (Wildman–Crippen LogP) is 3.98. The molecule has 2 atom stereocenters. The molecule has 0 saturated heterocycles. The molecule has 0 aromatic heterocycles. The van der Waals surface area contributed by atoms with E-state index >= 15 is 0 Å². The Labute approximate surface area is 111 Å². The van der Waals surface area contributed by atoms with E-state index in [4.69, 9.17) is 4.74 Å². The van der Waals surface area contributed by atoms with E-state index < -0.39 is 5.60 Å². The van der Waals surface area contributed by atoms with Gasteiger partial charge in [-0.1, -0.05) is 32.9 Å². The quantitative estimate of drug-likeness (QED) is 0.827. The zero-order valence-electron chi connectivity index (χ0n) is 12.2. The Balaban J connectivity index is 2.78. The van der Waals surface area contributed by atoms with Crippen molar-refractivity contribution in [1.29, 1.82) is 0 Å². The highest BCUT2D eigenvalue weighted by atomic mass is 16.5. The third-order valence-corrected chi connectivity index (χ3v) is 3.31. The standard InChI is InChI=1S/C16H26O2/c1-12(2)9-13(3)11-16(4,17)14-7-6-8-15(10-14)18-5/h6-8,10,12-13,17H,9,11H2,1-5H3. The van der Waals surface area contributed by atoms with Crippen LogP contribution < -0.4 is 4.74 Å². The molecule has 2 heteroatoms. The van der Waals surface area contributed by atoms with Crippen molar-refractivity contribution in [1.82, 2.24) is 0 Å². The van der Waals surface area contributed by atoms with Crippen molar-refractivity contribution in [2.45, 2.75) is 46.1 Å².